The lowest BCUT2D eigenvalue weighted by Crippen LogP contribution is -2.40. The number of para-hydroxylation sites is 1. The van der Waals surface area contributed by atoms with E-state index >= 15 is 0 Å². The highest BCUT2D eigenvalue weighted by Crippen LogP contribution is 2.36. The van der Waals surface area contributed by atoms with E-state index in [0.717, 1.165) is 10.9 Å². The minimum absolute atomic E-state index is 0.123. The fourth-order valence-electron chi connectivity index (χ4n) is 2.87. The van der Waals surface area contributed by atoms with Crippen molar-refractivity contribution in [1.82, 2.24) is 10.3 Å². The van der Waals surface area contributed by atoms with Crippen LogP contribution in [0.5, 0.6) is 0 Å². The minimum atomic E-state index is -0.695. The van der Waals surface area contributed by atoms with Crippen molar-refractivity contribution in [3.05, 3.63) is 60.0 Å². The molecule has 0 aliphatic carbocycles. The van der Waals surface area contributed by atoms with Crippen molar-refractivity contribution in [3.8, 4) is 0 Å². The van der Waals surface area contributed by atoms with Gasteiger partial charge in [-0.05, 0) is 30.7 Å². The number of aromatic nitrogens is 1. The number of aliphatic hydroxyl groups excluding tert-OH is 1. The van der Waals surface area contributed by atoms with Crippen LogP contribution in [-0.4, -0.2) is 41.2 Å². The Morgan fingerprint density at radius 1 is 1.25 bits per heavy atom. The van der Waals surface area contributed by atoms with Gasteiger partial charge in [-0.25, -0.2) is 4.39 Å². The average molecular weight is 402 g/mol. The monoisotopic (exact) mass is 402 g/mol. The second-order valence-electron chi connectivity index (χ2n) is 6.53. The molecule has 28 heavy (non-hydrogen) atoms. The molecule has 1 unspecified atom stereocenters. The molecule has 148 valence electrons. The summed E-state index contributed by atoms with van der Waals surface area (Å²) in [7, 11) is 0. The van der Waals surface area contributed by atoms with Crippen LogP contribution in [-0.2, 0) is 0 Å². The highest BCUT2D eigenvalue weighted by Gasteiger charge is 2.20. The summed E-state index contributed by atoms with van der Waals surface area (Å²) in [5.74, 6) is -0.645. The molecule has 1 aromatic heterocycles. The van der Waals surface area contributed by atoms with Gasteiger partial charge in [0.15, 0.2) is 0 Å². The van der Waals surface area contributed by atoms with Crippen LogP contribution in [0.1, 0.15) is 16.9 Å². The van der Waals surface area contributed by atoms with Crippen LogP contribution >= 0.6 is 11.8 Å². The minimum Gasteiger partial charge on any atom is -0.392 e. The molecule has 0 saturated carbocycles. The molecular weight excluding hydrogens is 379 g/mol. The highest BCUT2D eigenvalue weighted by atomic mass is 32.2. The van der Waals surface area contributed by atoms with Crippen LogP contribution < -0.4 is 16.8 Å². The largest absolute Gasteiger partial charge is 0.392 e. The van der Waals surface area contributed by atoms with E-state index in [-0.39, 0.29) is 24.8 Å². The smallest absolute Gasteiger partial charge is 0.268 e. The van der Waals surface area contributed by atoms with Crippen molar-refractivity contribution in [2.45, 2.75) is 28.4 Å². The highest BCUT2D eigenvalue weighted by molar-refractivity contribution is 7.99. The normalized spacial score (nSPS) is 13.4. The lowest BCUT2D eigenvalue weighted by Gasteiger charge is -2.15. The quantitative estimate of drug-likeness (QED) is 0.396. The number of nitrogens with one attached hydrogen (secondary N) is 2. The Hall–Kier alpha value is -2.39. The molecule has 0 radical (unpaired) electrons. The third-order valence-electron chi connectivity index (χ3n) is 4.27. The Balaban J connectivity index is 1.83. The molecular formula is C20H23FN4O2S. The third-order valence-corrected chi connectivity index (χ3v) is 5.39. The summed E-state index contributed by atoms with van der Waals surface area (Å²) in [6, 6.07) is 13.4. The van der Waals surface area contributed by atoms with Gasteiger partial charge < -0.3 is 26.9 Å². The van der Waals surface area contributed by atoms with Gasteiger partial charge in [0.1, 0.15) is 11.5 Å². The molecule has 0 spiro atoms. The summed E-state index contributed by atoms with van der Waals surface area (Å²) in [5.41, 5.74) is 12.5. The van der Waals surface area contributed by atoms with Crippen molar-refractivity contribution < 1.29 is 14.3 Å². The summed E-state index contributed by atoms with van der Waals surface area (Å²) in [4.78, 5) is 17.3. The summed E-state index contributed by atoms with van der Waals surface area (Å²) in [6.45, 7) is 0.327. The van der Waals surface area contributed by atoms with Gasteiger partial charge in [0.25, 0.3) is 5.91 Å². The van der Waals surface area contributed by atoms with Gasteiger partial charge in [-0.3, -0.25) is 4.79 Å². The van der Waals surface area contributed by atoms with Gasteiger partial charge in [-0.2, -0.15) is 0 Å². The lowest BCUT2D eigenvalue weighted by molar-refractivity contribution is 0.0938. The maximum Gasteiger partial charge on any atom is 0.268 e. The van der Waals surface area contributed by atoms with Crippen LogP contribution in [0.25, 0.3) is 10.9 Å². The molecule has 8 heteroatoms. The van der Waals surface area contributed by atoms with Gasteiger partial charge in [0.05, 0.1) is 11.0 Å². The Bertz CT molecular complexity index is 962. The van der Waals surface area contributed by atoms with Gasteiger partial charge in [-0.1, -0.05) is 36.0 Å². The number of fused-ring (bicyclic) bond motifs is 1. The number of hydrogen-bond donors (Lipinski definition) is 5. The molecule has 3 rings (SSSR count). The first kappa shape index (κ1) is 20.3. The van der Waals surface area contributed by atoms with Crippen molar-refractivity contribution >= 4 is 28.6 Å². The van der Waals surface area contributed by atoms with E-state index in [0.29, 0.717) is 21.9 Å². The third kappa shape index (κ3) is 4.90. The zero-order valence-corrected chi connectivity index (χ0v) is 16.0. The molecule has 0 fully saturated rings. The van der Waals surface area contributed by atoms with Crippen LogP contribution in [0.2, 0.25) is 0 Å². The molecule has 3 aromatic rings. The molecule has 7 N–H and O–H groups in total. The zero-order valence-electron chi connectivity index (χ0n) is 15.2. The van der Waals surface area contributed by atoms with E-state index < -0.39 is 12.1 Å². The number of amides is 1. The number of aliphatic hydroxyl groups is 1. The van der Waals surface area contributed by atoms with Gasteiger partial charge in [-0.15, -0.1) is 0 Å². The maximum absolute atomic E-state index is 13.6. The first-order valence-corrected chi connectivity index (χ1v) is 9.75. The van der Waals surface area contributed by atoms with Gasteiger partial charge in [0.2, 0.25) is 0 Å². The molecule has 0 aliphatic heterocycles. The molecule has 0 aliphatic rings. The summed E-state index contributed by atoms with van der Waals surface area (Å²) in [5, 5.41) is 13.3. The molecule has 1 amide bonds. The number of carbonyl (C=O) groups excluding carboxylic acids is 1. The number of aromatic amines is 1. The second-order valence-corrected chi connectivity index (χ2v) is 7.61. The van der Waals surface area contributed by atoms with Crippen LogP contribution in [0.4, 0.5) is 4.39 Å². The van der Waals surface area contributed by atoms with E-state index in [1.807, 2.05) is 24.3 Å². The van der Waals surface area contributed by atoms with Crippen molar-refractivity contribution in [3.63, 3.8) is 0 Å². The Morgan fingerprint density at radius 2 is 2.04 bits per heavy atom. The van der Waals surface area contributed by atoms with E-state index in [4.69, 9.17) is 11.5 Å². The molecule has 2 aromatic carbocycles. The number of nitrogens with two attached hydrogens (primary N) is 2. The number of halogens is 1. The molecule has 0 saturated heterocycles. The predicted molar refractivity (Wildman–Crippen MR) is 109 cm³/mol. The average Bonchev–Trinajstić information content (AvgIpc) is 3.04. The number of hydrogen-bond acceptors (Lipinski definition) is 5. The fourth-order valence-corrected chi connectivity index (χ4v) is 3.96. The first-order valence-electron chi connectivity index (χ1n) is 8.94. The van der Waals surface area contributed by atoms with E-state index in [1.54, 1.807) is 12.1 Å². The van der Waals surface area contributed by atoms with E-state index in [9.17, 15) is 14.3 Å². The fraction of sp³-hybridized carbons (Fsp3) is 0.250. The Kier molecular flexibility index (Phi) is 6.69. The SMILES string of the molecule is NCC(O)C[C@H](N)CNC(=O)c1[nH]c2ccccc2c1Sc1cccc(F)c1. The lowest BCUT2D eigenvalue weighted by atomic mass is 10.1. The van der Waals surface area contributed by atoms with Crippen LogP contribution in [0.15, 0.2) is 58.3 Å². The maximum atomic E-state index is 13.6. The van der Waals surface area contributed by atoms with E-state index in [2.05, 4.69) is 10.3 Å². The molecule has 0 bridgehead atoms. The van der Waals surface area contributed by atoms with Crippen LogP contribution in [0, 0.1) is 5.82 Å². The summed E-state index contributed by atoms with van der Waals surface area (Å²) in [6.07, 6.45) is -0.395. The standard InChI is InChI=1S/C20H23FN4O2S/c21-12-4-3-5-15(8-12)28-19-16-6-1-2-7-17(16)25-18(19)20(27)24-11-13(23)9-14(26)10-22/h1-8,13-14,25-26H,9-11,22-23H2,(H,24,27)/t13-,14?/m0/s1. The van der Waals surface area contributed by atoms with Gasteiger partial charge >= 0.3 is 0 Å². The van der Waals surface area contributed by atoms with Crippen LogP contribution in [0.3, 0.4) is 0 Å². The van der Waals surface area contributed by atoms with Crippen molar-refractivity contribution in [1.29, 1.82) is 0 Å². The first-order chi connectivity index (χ1) is 13.5. The van der Waals surface area contributed by atoms with Gasteiger partial charge in [0, 0.05) is 34.9 Å². The van der Waals surface area contributed by atoms with Crippen molar-refractivity contribution in [2.75, 3.05) is 13.1 Å². The molecule has 1 heterocycles. The Morgan fingerprint density at radius 3 is 2.79 bits per heavy atom. The number of rotatable bonds is 8. The summed E-state index contributed by atoms with van der Waals surface area (Å²) >= 11 is 1.32. The predicted octanol–water partition coefficient (Wildman–Crippen LogP) is 2.23. The number of benzene rings is 2. The Labute approximate surface area is 166 Å². The van der Waals surface area contributed by atoms with E-state index in [1.165, 1.54) is 23.9 Å². The molecule has 2 atom stereocenters. The second kappa shape index (κ2) is 9.20. The zero-order chi connectivity index (χ0) is 20.1. The molecule has 6 nitrogen and oxygen atoms in total. The number of carbonyl (C=O) groups is 1. The van der Waals surface area contributed by atoms with Crippen molar-refractivity contribution in [2.24, 2.45) is 11.5 Å². The summed E-state index contributed by atoms with van der Waals surface area (Å²) < 4.78 is 13.6. The topological polar surface area (TPSA) is 117 Å². The number of H-pyrrole nitrogens is 1.